The molecule has 2 aliphatic heterocycles. The normalized spacial score (nSPS) is 18.3. The Labute approximate surface area is 244 Å². The summed E-state index contributed by atoms with van der Waals surface area (Å²) in [4.78, 5) is 30.0. The number of rotatable bonds is 10. The van der Waals surface area contributed by atoms with Gasteiger partial charge in [-0.2, -0.15) is 0 Å². The first kappa shape index (κ1) is 28.6. The smallest absolute Gasteiger partial charge is 0.251 e. The molecule has 2 amide bonds. The molecule has 2 aliphatic rings. The summed E-state index contributed by atoms with van der Waals surface area (Å²) in [6.07, 6.45) is 3.38. The third-order valence-corrected chi connectivity index (χ3v) is 8.27. The fourth-order valence-corrected chi connectivity index (χ4v) is 5.92. The molecule has 3 aromatic rings. The van der Waals surface area contributed by atoms with Crippen molar-refractivity contribution in [2.75, 3.05) is 33.3 Å². The van der Waals surface area contributed by atoms with Gasteiger partial charge in [0.05, 0.1) is 12.6 Å². The summed E-state index contributed by atoms with van der Waals surface area (Å²) >= 11 is 0. The van der Waals surface area contributed by atoms with Crippen molar-refractivity contribution in [3.05, 3.63) is 107 Å². The van der Waals surface area contributed by atoms with Gasteiger partial charge in [0.1, 0.15) is 5.75 Å². The molecule has 2 heterocycles. The molecule has 41 heavy (non-hydrogen) atoms. The van der Waals surface area contributed by atoms with Crippen LogP contribution in [0.5, 0.6) is 5.75 Å². The fourth-order valence-electron chi connectivity index (χ4n) is 5.92. The molecule has 0 saturated carbocycles. The van der Waals surface area contributed by atoms with Crippen LogP contribution >= 0.6 is 0 Å². The molecule has 2 atom stereocenters. The largest absolute Gasteiger partial charge is 0.493 e. The highest BCUT2D eigenvalue weighted by molar-refractivity contribution is 6.03. The minimum Gasteiger partial charge on any atom is -0.493 e. The first-order valence-electron chi connectivity index (χ1n) is 14.7. The van der Waals surface area contributed by atoms with Gasteiger partial charge in [0.25, 0.3) is 5.91 Å². The maximum absolute atomic E-state index is 14.0. The highest BCUT2D eigenvalue weighted by Crippen LogP contribution is 2.34. The molecule has 6 nitrogen and oxygen atoms in total. The Morgan fingerprint density at radius 3 is 2.37 bits per heavy atom. The molecule has 2 bridgehead atoms. The van der Waals surface area contributed by atoms with Crippen LogP contribution in [-0.4, -0.2) is 67.0 Å². The molecule has 1 fully saturated rings. The van der Waals surface area contributed by atoms with Crippen molar-refractivity contribution < 1.29 is 14.3 Å². The summed E-state index contributed by atoms with van der Waals surface area (Å²) < 4.78 is 5.97. The molecule has 214 valence electrons. The van der Waals surface area contributed by atoms with Gasteiger partial charge in [0.15, 0.2) is 0 Å². The van der Waals surface area contributed by atoms with Gasteiger partial charge in [-0.25, -0.2) is 0 Å². The third kappa shape index (κ3) is 7.06. The van der Waals surface area contributed by atoms with Crippen LogP contribution in [0.2, 0.25) is 0 Å². The van der Waals surface area contributed by atoms with Gasteiger partial charge in [-0.3, -0.25) is 9.59 Å². The number of nitrogens with zero attached hydrogens (tertiary/aromatic N) is 2. The van der Waals surface area contributed by atoms with Crippen LogP contribution in [-0.2, 0) is 22.4 Å². The Morgan fingerprint density at radius 1 is 0.927 bits per heavy atom. The minimum absolute atomic E-state index is 0.0368. The number of nitrogens with one attached hydrogen (secondary N) is 1. The Bertz CT molecular complexity index is 1380. The Hall–Kier alpha value is -3.90. The van der Waals surface area contributed by atoms with Crippen LogP contribution in [0.4, 0.5) is 0 Å². The van der Waals surface area contributed by atoms with Gasteiger partial charge >= 0.3 is 0 Å². The number of piperazine rings is 1. The SMILES string of the molecule is CC(=O)N1CC2CC(c3ccc(CCCOc4ccccc4C)cc3)=C(C(=O)N(C)CCc3ccccc3)C(C1)N2. The molecular weight excluding hydrogens is 510 g/mol. The van der Waals surface area contributed by atoms with E-state index in [9.17, 15) is 9.59 Å². The van der Waals surface area contributed by atoms with Crippen LogP contribution in [0.15, 0.2) is 84.4 Å². The number of amides is 2. The molecule has 0 aromatic heterocycles. The number of benzene rings is 3. The van der Waals surface area contributed by atoms with Gasteiger partial charge in [-0.15, -0.1) is 0 Å². The van der Waals surface area contributed by atoms with Crippen molar-refractivity contribution in [2.24, 2.45) is 0 Å². The molecule has 0 radical (unpaired) electrons. The second-order valence-corrected chi connectivity index (χ2v) is 11.3. The van der Waals surface area contributed by atoms with Crippen LogP contribution < -0.4 is 10.1 Å². The average Bonchev–Trinajstić information content (AvgIpc) is 2.99. The molecule has 0 aliphatic carbocycles. The van der Waals surface area contributed by atoms with E-state index in [1.807, 2.05) is 53.2 Å². The number of para-hydroxylation sites is 1. The van der Waals surface area contributed by atoms with E-state index in [-0.39, 0.29) is 23.9 Å². The van der Waals surface area contributed by atoms with E-state index >= 15 is 0 Å². The molecular formula is C35H41N3O3. The molecule has 0 spiro atoms. The quantitative estimate of drug-likeness (QED) is 0.358. The second-order valence-electron chi connectivity index (χ2n) is 11.3. The van der Waals surface area contributed by atoms with Crippen LogP contribution in [0, 0.1) is 6.92 Å². The van der Waals surface area contributed by atoms with Crippen molar-refractivity contribution in [2.45, 2.75) is 51.6 Å². The zero-order valence-electron chi connectivity index (χ0n) is 24.4. The number of likely N-dealkylation sites (N-methyl/N-ethyl adjacent to an activating group) is 1. The van der Waals surface area contributed by atoms with E-state index in [1.54, 1.807) is 6.92 Å². The van der Waals surface area contributed by atoms with E-state index in [4.69, 9.17) is 4.74 Å². The lowest BCUT2D eigenvalue weighted by molar-refractivity contribution is -0.132. The first-order valence-corrected chi connectivity index (χ1v) is 14.7. The number of hydrogen-bond acceptors (Lipinski definition) is 4. The minimum atomic E-state index is -0.175. The lowest BCUT2D eigenvalue weighted by Crippen LogP contribution is -2.61. The standard InChI is InChI=1S/C35H41N3O3/c1-25-10-7-8-14-33(25)41-21-9-13-28-15-17-29(18-16-28)31-22-30-23-38(26(2)39)24-32(36-30)34(31)35(40)37(3)20-19-27-11-5-4-6-12-27/h4-8,10-12,14-18,30,32,36H,9,13,19-24H2,1-3H3. The number of carbonyl (C=O) groups excluding carboxylic acids is 2. The number of carbonyl (C=O) groups is 2. The lowest BCUT2D eigenvalue weighted by atomic mass is 9.82. The van der Waals surface area contributed by atoms with Crippen molar-refractivity contribution >= 4 is 17.4 Å². The second kappa shape index (κ2) is 13.2. The van der Waals surface area contributed by atoms with Gasteiger partial charge in [-0.05, 0) is 66.5 Å². The van der Waals surface area contributed by atoms with Crippen molar-refractivity contribution in [3.8, 4) is 5.75 Å². The van der Waals surface area contributed by atoms with Crippen LogP contribution in [0.1, 0.15) is 42.0 Å². The molecule has 5 rings (SSSR count). The molecule has 6 heteroatoms. The Balaban J connectivity index is 1.31. The number of ether oxygens (including phenoxy) is 1. The van der Waals surface area contributed by atoms with Gasteiger partial charge < -0.3 is 19.9 Å². The maximum Gasteiger partial charge on any atom is 0.251 e. The first-order chi connectivity index (χ1) is 19.9. The van der Waals surface area contributed by atoms with E-state index in [2.05, 4.69) is 54.7 Å². The van der Waals surface area contributed by atoms with E-state index in [1.165, 1.54) is 11.1 Å². The monoisotopic (exact) mass is 551 g/mol. The van der Waals surface area contributed by atoms with Crippen LogP contribution in [0.25, 0.3) is 5.57 Å². The van der Waals surface area contributed by atoms with E-state index in [0.717, 1.165) is 53.7 Å². The van der Waals surface area contributed by atoms with E-state index < -0.39 is 0 Å². The van der Waals surface area contributed by atoms with Crippen molar-refractivity contribution in [1.29, 1.82) is 0 Å². The summed E-state index contributed by atoms with van der Waals surface area (Å²) in [7, 11) is 1.88. The summed E-state index contributed by atoms with van der Waals surface area (Å²) in [5.41, 5.74) is 6.61. The van der Waals surface area contributed by atoms with Crippen LogP contribution in [0.3, 0.4) is 0 Å². The predicted octanol–water partition coefficient (Wildman–Crippen LogP) is 5.05. The molecule has 3 aromatic carbocycles. The predicted molar refractivity (Wildman–Crippen MR) is 164 cm³/mol. The Morgan fingerprint density at radius 2 is 1.63 bits per heavy atom. The number of aryl methyl sites for hydroxylation is 2. The zero-order valence-corrected chi connectivity index (χ0v) is 24.4. The van der Waals surface area contributed by atoms with Crippen molar-refractivity contribution in [3.63, 3.8) is 0 Å². The highest BCUT2D eigenvalue weighted by atomic mass is 16.5. The summed E-state index contributed by atoms with van der Waals surface area (Å²) in [6, 6.07) is 27.0. The van der Waals surface area contributed by atoms with Gasteiger partial charge in [0, 0.05) is 45.2 Å². The number of fused-ring (bicyclic) bond motifs is 2. The molecule has 1 saturated heterocycles. The van der Waals surface area contributed by atoms with Gasteiger partial charge in [-0.1, -0.05) is 72.8 Å². The Kier molecular flexibility index (Phi) is 9.20. The molecule has 2 unspecified atom stereocenters. The zero-order chi connectivity index (χ0) is 28.8. The summed E-state index contributed by atoms with van der Waals surface area (Å²) in [5, 5.41) is 3.65. The summed E-state index contributed by atoms with van der Waals surface area (Å²) in [5.74, 6) is 1.04. The fraction of sp³-hybridized carbons (Fsp3) is 0.371. The highest BCUT2D eigenvalue weighted by Gasteiger charge is 2.39. The lowest BCUT2D eigenvalue weighted by Gasteiger charge is -2.44. The number of hydrogen-bond donors (Lipinski definition) is 1. The third-order valence-electron chi connectivity index (χ3n) is 8.27. The maximum atomic E-state index is 14.0. The van der Waals surface area contributed by atoms with Crippen molar-refractivity contribution in [1.82, 2.24) is 15.1 Å². The summed E-state index contributed by atoms with van der Waals surface area (Å²) in [6.45, 7) is 6.17. The van der Waals surface area contributed by atoms with Gasteiger partial charge in [0.2, 0.25) is 5.91 Å². The average molecular weight is 552 g/mol. The van der Waals surface area contributed by atoms with E-state index in [0.29, 0.717) is 26.2 Å². The molecule has 1 N–H and O–H groups in total. The topological polar surface area (TPSA) is 61.9 Å².